The van der Waals surface area contributed by atoms with E-state index in [0.717, 1.165) is 30.1 Å². The largest absolute Gasteiger partial charge is 0.336 e. The summed E-state index contributed by atoms with van der Waals surface area (Å²) in [6.07, 6.45) is 11.3. The number of benzene rings is 2. The van der Waals surface area contributed by atoms with E-state index in [-0.39, 0.29) is 0 Å². The molecular formula is C21H20ClN5S. The molecule has 0 radical (unpaired) electrons. The molecule has 4 rings (SSSR count). The Hall–Kier alpha value is -2.57. The fourth-order valence-corrected chi connectivity index (χ4v) is 4.30. The second-order valence-electron chi connectivity index (χ2n) is 6.51. The van der Waals surface area contributed by atoms with E-state index >= 15 is 0 Å². The minimum atomic E-state index is 0.432. The number of hydrogen-bond acceptors (Lipinski definition) is 4. The van der Waals surface area contributed by atoms with Crippen LogP contribution >= 0.6 is 23.4 Å². The van der Waals surface area contributed by atoms with Crippen LogP contribution in [0.1, 0.15) is 12.0 Å². The van der Waals surface area contributed by atoms with Gasteiger partial charge in [-0.25, -0.2) is 9.67 Å². The van der Waals surface area contributed by atoms with Crippen LogP contribution in [0.5, 0.6) is 0 Å². The van der Waals surface area contributed by atoms with Crippen LogP contribution in [0.3, 0.4) is 0 Å². The van der Waals surface area contributed by atoms with Gasteiger partial charge in [0.25, 0.3) is 0 Å². The van der Waals surface area contributed by atoms with Crippen molar-refractivity contribution in [2.45, 2.75) is 29.5 Å². The minimum absolute atomic E-state index is 0.432. The first kappa shape index (κ1) is 18.8. The van der Waals surface area contributed by atoms with E-state index in [0.29, 0.717) is 5.25 Å². The number of aromatic nitrogens is 5. The van der Waals surface area contributed by atoms with Crippen LogP contribution in [0, 0.1) is 0 Å². The van der Waals surface area contributed by atoms with Gasteiger partial charge in [0.1, 0.15) is 0 Å². The highest BCUT2D eigenvalue weighted by atomic mass is 35.5. The van der Waals surface area contributed by atoms with Crippen molar-refractivity contribution in [1.82, 2.24) is 24.5 Å². The normalized spacial score (nSPS) is 12.2. The van der Waals surface area contributed by atoms with Gasteiger partial charge in [-0.15, -0.1) is 16.9 Å². The molecule has 0 aliphatic carbocycles. The first-order valence-electron chi connectivity index (χ1n) is 9.10. The van der Waals surface area contributed by atoms with Crippen LogP contribution in [-0.4, -0.2) is 29.8 Å². The fourth-order valence-electron chi connectivity index (χ4n) is 3.01. The fraction of sp³-hybridized carbons (Fsp3) is 0.190. The quantitative estimate of drug-likeness (QED) is 0.388. The Bertz CT molecular complexity index is 967. The van der Waals surface area contributed by atoms with Gasteiger partial charge >= 0.3 is 0 Å². The molecule has 0 fully saturated rings. The summed E-state index contributed by atoms with van der Waals surface area (Å²) in [6, 6.07) is 16.6. The van der Waals surface area contributed by atoms with E-state index in [1.807, 2.05) is 48.8 Å². The maximum Gasteiger partial charge on any atom is 0.0946 e. The Kier molecular flexibility index (Phi) is 6.09. The molecule has 0 bridgehead atoms. The number of aryl methyl sites for hydroxylation is 1. The van der Waals surface area contributed by atoms with Gasteiger partial charge in [0.15, 0.2) is 0 Å². The Morgan fingerprint density at radius 3 is 2.46 bits per heavy atom. The van der Waals surface area contributed by atoms with Crippen LogP contribution in [-0.2, 0) is 13.0 Å². The smallest absolute Gasteiger partial charge is 0.0946 e. The molecule has 0 N–H and O–H groups in total. The standard InChI is InChI=1S/C21H20ClN5S/c22-18-4-1-17(2-5-18)3-8-21(15-26-13-11-23-16-26)28-20-9-6-19(7-10-20)27-14-12-24-25-27/h1-2,4-7,9-14,16,21H,3,8,15H2. The third-order valence-corrected chi connectivity index (χ3v) is 5.98. The lowest BCUT2D eigenvalue weighted by atomic mass is 10.1. The number of thioether (sulfide) groups is 1. The Balaban J connectivity index is 1.44. The molecule has 2 aromatic carbocycles. The third kappa shape index (κ3) is 5.03. The molecule has 142 valence electrons. The monoisotopic (exact) mass is 409 g/mol. The average molecular weight is 410 g/mol. The molecule has 0 aliphatic rings. The van der Waals surface area contributed by atoms with Crippen molar-refractivity contribution in [3.63, 3.8) is 0 Å². The van der Waals surface area contributed by atoms with Gasteiger partial charge in [-0.3, -0.25) is 0 Å². The van der Waals surface area contributed by atoms with Crippen LogP contribution in [0.15, 0.2) is 84.5 Å². The molecule has 0 amide bonds. The third-order valence-electron chi connectivity index (χ3n) is 4.47. The second-order valence-corrected chi connectivity index (χ2v) is 8.32. The van der Waals surface area contributed by atoms with Crippen molar-refractivity contribution in [2.75, 3.05) is 0 Å². The summed E-state index contributed by atoms with van der Waals surface area (Å²) in [5.41, 5.74) is 2.32. The van der Waals surface area contributed by atoms with Crippen molar-refractivity contribution in [2.24, 2.45) is 0 Å². The van der Waals surface area contributed by atoms with E-state index in [9.17, 15) is 0 Å². The first-order valence-corrected chi connectivity index (χ1v) is 10.4. The molecule has 5 nitrogen and oxygen atoms in total. The second kappa shape index (κ2) is 9.08. The summed E-state index contributed by atoms with van der Waals surface area (Å²) in [7, 11) is 0. The lowest BCUT2D eigenvalue weighted by Gasteiger charge is -2.17. The van der Waals surface area contributed by atoms with E-state index in [1.165, 1.54) is 10.5 Å². The van der Waals surface area contributed by atoms with Crippen molar-refractivity contribution in [3.05, 3.63) is 90.2 Å². The van der Waals surface area contributed by atoms with Gasteiger partial charge in [0.2, 0.25) is 0 Å². The molecule has 4 aromatic rings. The van der Waals surface area contributed by atoms with Gasteiger partial charge < -0.3 is 4.57 Å². The van der Waals surface area contributed by atoms with Gasteiger partial charge in [0, 0.05) is 34.1 Å². The topological polar surface area (TPSA) is 48.5 Å². The summed E-state index contributed by atoms with van der Waals surface area (Å²) in [5.74, 6) is 0. The lowest BCUT2D eigenvalue weighted by molar-refractivity contribution is 0.624. The molecule has 2 aromatic heterocycles. The zero-order valence-electron chi connectivity index (χ0n) is 15.2. The molecule has 7 heteroatoms. The van der Waals surface area contributed by atoms with Crippen LogP contribution in [0.2, 0.25) is 5.02 Å². The lowest BCUT2D eigenvalue weighted by Crippen LogP contribution is -2.13. The molecule has 0 saturated heterocycles. The van der Waals surface area contributed by atoms with Crippen molar-refractivity contribution < 1.29 is 0 Å². The zero-order chi connectivity index (χ0) is 19.2. The number of halogens is 1. The highest BCUT2D eigenvalue weighted by Crippen LogP contribution is 2.28. The summed E-state index contributed by atoms with van der Waals surface area (Å²) >= 11 is 7.90. The molecule has 0 spiro atoms. The zero-order valence-corrected chi connectivity index (χ0v) is 16.8. The molecule has 0 saturated carbocycles. The molecule has 1 atom stereocenters. The van der Waals surface area contributed by atoms with Crippen molar-refractivity contribution in [1.29, 1.82) is 0 Å². The van der Waals surface area contributed by atoms with E-state index < -0.39 is 0 Å². The average Bonchev–Trinajstić information content (AvgIpc) is 3.42. The number of hydrogen-bond donors (Lipinski definition) is 0. The molecule has 1 unspecified atom stereocenters. The minimum Gasteiger partial charge on any atom is -0.336 e. The Labute approximate surface area is 173 Å². The number of rotatable bonds is 8. The van der Waals surface area contributed by atoms with Crippen molar-refractivity contribution >= 4 is 23.4 Å². The Morgan fingerprint density at radius 2 is 1.79 bits per heavy atom. The SMILES string of the molecule is Clc1ccc(CCC(Cn2ccnc2)Sc2ccc(-n3ccnn3)cc2)cc1. The summed E-state index contributed by atoms with van der Waals surface area (Å²) in [4.78, 5) is 5.41. The first-order chi connectivity index (χ1) is 13.8. The summed E-state index contributed by atoms with van der Waals surface area (Å²) in [6.45, 7) is 0.920. The van der Waals surface area contributed by atoms with Gasteiger partial charge in [-0.2, -0.15) is 0 Å². The maximum atomic E-state index is 6.00. The molecular weight excluding hydrogens is 390 g/mol. The summed E-state index contributed by atoms with van der Waals surface area (Å²) in [5, 5.41) is 9.11. The molecule has 28 heavy (non-hydrogen) atoms. The summed E-state index contributed by atoms with van der Waals surface area (Å²) < 4.78 is 3.90. The maximum absolute atomic E-state index is 6.00. The van der Waals surface area contributed by atoms with Gasteiger partial charge in [-0.05, 0) is 54.8 Å². The highest BCUT2D eigenvalue weighted by molar-refractivity contribution is 8.00. The van der Waals surface area contributed by atoms with Crippen molar-refractivity contribution in [3.8, 4) is 5.69 Å². The number of nitrogens with zero attached hydrogens (tertiary/aromatic N) is 5. The van der Waals surface area contributed by atoms with Gasteiger partial charge in [-0.1, -0.05) is 28.9 Å². The predicted molar refractivity (Wildman–Crippen MR) is 113 cm³/mol. The highest BCUT2D eigenvalue weighted by Gasteiger charge is 2.12. The van der Waals surface area contributed by atoms with Gasteiger partial charge in [0.05, 0.1) is 24.4 Å². The predicted octanol–water partition coefficient (Wildman–Crippen LogP) is 4.91. The molecule has 2 heterocycles. The van der Waals surface area contributed by atoms with E-state index in [1.54, 1.807) is 10.9 Å². The van der Waals surface area contributed by atoms with E-state index in [4.69, 9.17) is 11.6 Å². The Morgan fingerprint density at radius 1 is 0.964 bits per heavy atom. The van der Waals surface area contributed by atoms with E-state index in [2.05, 4.69) is 56.3 Å². The molecule has 0 aliphatic heterocycles. The van der Waals surface area contributed by atoms with Crippen LogP contribution in [0.4, 0.5) is 0 Å². The number of imidazole rings is 1. The van der Waals surface area contributed by atoms with Crippen LogP contribution in [0.25, 0.3) is 5.69 Å². The van der Waals surface area contributed by atoms with Crippen LogP contribution < -0.4 is 0 Å².